The summed E-state index contributed by atoms with van der Waals surface area (Å²) in [5.74, 6) is -5.82. The van der Waals surface area contributed by atoms with Crippen LogP contribution in [0.25, 0.3) is 0 Å². The van der Waals surface area contributed by atoms with Crippen molar-refractivity contribution >= 4 is 5.97 Å². The molecule has 0 aliphatic rings. The maximum atomic E-state index is 12.3. The number of hydrogen-bond acceptors (Lipinski definition) is 3. The summed E-state index contributed by atoms with van der Waals surface area (Å²) in [5.41, 5.74) is 0. The number of halogens is 2. The average Bonchev–Trinajstić information content (AvgIpc) is 1.98. The van der Waals surface area contributed by atoms with E-state index in [0.717, 1.165) is 0 Å². The number of carbonyl (C=O) groups is 1. The molecular formula is C6H11F2NO3. The summed E-state index contributed by atoms with van der Waals surface area (Å²) < 4.78 is 29.1. The van der Waals surface area contributed by atoms with Crippen LogP contribution in [0.4, 0.5) is 8.78 Å². The van der Waals surface area contributed by atoms with E-state index in [0.29, 0.717) is 0 Å². The number of aliphatic carboxylic acids is 1. The molecule has 0 aromatic rings. The van der Waals surface area contributed by atoms with Crippen molar-refractivity contribution in [3.8, 4) is 0 Å². The molecule has 0 spiro atoms. The van der Waals surface area contributed by atoms with Crippen molar-refractivity contribution in [3.05, 3.63) is 0 Å². The van der Waals surface area contributed by atoms with Crippen molar-refractivity contribution < 1.29 is 23.4 Å². The van der Waals surface area contributed by atoms with Crippen LogP contribution in [-0.4, -0.2) is 43.8 Å². The van der Waals surface area contributed by atoms with Gasteiger partial charge in [0.2, 0.25) is 0 Å². The quantitative estimate of drug-likeness (QED) is 0.566. The average molecular weight is 183 g/mol. The minimum Gasteiger partial charge on any atom is -0.477 e. The zero-order valence-corrected chi connectivity index (χ0v) is 6.64. The number of methoxy groups -OCH3 is 1. The molecule has 0 atom stereocenters. The molecule has 2 N–H and O–H groups in total. The third-order valence-corrected chi connectivity index (χ3v) is 1.14. The fraction of sp³-hybridized carbons (Fsp3) is 0.833. The molecular weight excluding hydrogens is 172 g/mol. The van der Waals surface area contributed by atoms with Crippen molar-refractivity contribution in [2.75, 3.05) is 26.8 Å². The highest BCUT2D eigenvalue weighted by Crippen LogP contribution is 2.10. The number of rotatable bonds is 6. The maximum Gasteiger partial charge on any atom is 0.375 e. The van der Waals surface area contributed by atoms with E-state index in [9.17, 15) is 13.6 Å². The lowest BCUT2D eigenvalue weighted by molar-refractivity contribution is -0.164. The van der Waals surface area contributed by atoms with Gasteiger partial charge in [-0.3, -0.25) is 0 Å². The summed E-state index contributed by atoms with van der Waals surface area (Å²) in [6, 6.07) is 0. The molecule has 0 amide bonds. The predicted octanol–water partition coefficient (Wildman–Crippen LogP) is -0.0577. The zero-order chi connectivity index (χ0) is 9.61. The number of carboxylic acid groups (broad SMARTS) is 1. The molecule has 72 valence electrons. The van der Waals surface area contributed by atoms with Crippen LogP contribution >= 0.6 is 0 Å². The highest BCUT2D eigenvalue weighted by molar-refractivity contribution is 5.75. The van der Waals surface area contributed by atoms with Crippen molar-refractivity contribution in [3.63, 3.8) is 0 Å². The molecule has 0 saturated carbocycles. The van der Waals surface area contributed by atoms with Crippen LogP contribution in [0, 0.1) is 0 Å². The van der Waals surface area contributed by atoms with Gasteiger partial charge in [-0.25, -0.2) is 4.79 Å². The van der Waals surface area contributed by atoms with Gasteiger partial charge in [0.25, 0.3) is 0 Å². The largest absolute Gasteiger partial charge is 0.477 e. The highest BCUT2D eigenvalue weighted by atomic mass is 19.3. The lowest BCUT2D eigenvalue weighted by Gasteiger charge is -2.11. The van der Waals surface area contributed by atoms with Gasteiger partial charge < -0.3 is 15.2 Å². The minimum atomic E-state index is -3.70. The van der Waals surface area contributed by atoms with E-state index >= 15 is 0 Å². The van der Waals surface area contributed by atoms with E-state index in [1.54, 1.807) is 0 Å². The van der Waals surface area contributed by atoms with Gasteiger partial charge in [0.1, 0.15) is 0 Å². The molecule has 0 fully saturated rings. The third kappa shape index (κ3) is 4.20. The molecule has 0 radical (unpaired) electrons. The van der Waals surface area contributed by atoms with Crippen LogP contribution in [0.15, 0.2) is 0 Å². The molecule has 0 aromatic heterocycles. The lowest BCUT2D eigenvalue weighted by Crippen LogP contribution is -2.40. The van der Waals surface area contributed by atoms with Crippen LogP contribution < -0.4 is 5.32 Å². The minimum absolute atomic E-state index is 0.208. The summed E-state index contributed by atoms with van der Waals surface area (Å²) in [5, 5.41) is 10.2. The Morgan fingerprint density at radius 1 is 1.67 bits per heavy atom. The number of alkyl halides is 2. The first kappa shape index (κ1) is 11.2. The van der Waals surface area contributed by atoms with Crippen LogP contribution in [0.1, 0.15) is 0 Å². The van der Waals surface area contributed by atoms with E-state index in [1.165, 1.54) is 7.11 Å². The first-order valence-corrected chi connectivity index (χ1v) is 3.31. The SMILES string of the molecule is COCCNCC(F)(F)C(=O)O. The first-order chi connectivity index (χ1) is 5.50. The lowest BCUT2D eigenvalue weighted by atomic mass is 10.3. The van der Waals surface area contributed by atoms with Gasteiger partial charge in [-0.15, -0.1) is 0 Å². The molecule has 0 unspecified atom stereocenters. The molecule has 4 nitrogen and oxygen atoms in total. The highest BCUT2D eigenvalue weighted by Gasteiger charge is 2.37. The fourth-order valence-electron chi connectivity index (χ4n) is 0.495. The van der Waals surface area contributed by atoms with Crippen molar-refractivity contribution in [1.29, 1.82) is 0 Å². The monoisotopic (exact) mass is 183 g/mol. The smallest absolute Gasteiger partial charge is 0.375 e. The molecule has 0 rings (SSSR count). The second-order valence-corrected chi connectivity index (χ2v) is 2.18. The molecule has 0 saturated heterocycles. The maximum absolute atomic E-state index is 12.3. The van der Waals surface area contributed by atoms with Crippen LogP contribution in [-0.2, 0) is 9.53 Å². The molecule has 0 aromatic carbocycles. The van der Waals surface area contributed by atoms with Crippen LogP contribution in [0.5, 0.6) is 0 Å². The Balaban J connectivity index is 3.54. The number of hydrogen-bond donors (Lipinski definition) is 2. The second-order valence-electron chi connectivity index (χ2n) is 2.18. The van der Waals surface area contributed by atoms with Gasteiger partial charge in [0, 0.05) is 13.7 Å². The van der Waals surface area contributed by atoms with Crippen LogP contribution in [0.3, 0.4) is 0 Å². The Kier molecular flexibility index (Phi) is 4.68. The van der Waals surface area contributed by atoms with Crippen LogP contribution in [0.2, 0.25) is 0 Å². The summed E-state index contributed by atoms with van der Waals surface area (Å²) in [7, 11) is 1.43. The Labute approximate surface area is 68.5 Å². The molecule has 12 heavy (non-hydrogen) atoms. The van der Waals surface area contributed by atoms with Gasteiger partial charge >= 0.3 is 11.9 Å². The van der Waals surface area contributed by atoms with Crippen molar-refractivity contribution in [1.82, 2.24) is 5.32 Å². The molecule has 6 heteroatoms. The summed E-state index contributed by atoms with van der Waals surface area (Å²) in [6.07, 6.45) is 0. The van der Waals surface area contributed by atoms with E-state index in [4.69, 9.17) is 5.11 Å². The van der Waals surface area contributed by atoms with Crippen molar-refractivity contribution in [2.24, 2.45) is 0 Å². The van der Waals surface area contributed by atoms with Gasteiger partial charge in [-0.05, 0) is 0 Å². The molecule has 0 bridgehead atoms. The van der Waals surface area contributed by atoms with E-state index in [1.807, 2.05) is 0 Å². The Hall–Kier alpha value is -0.750. The number of carboxylic acids is 1. The van der Waals surface area contributed by atoms with E-state index < -0.39 is 18.4 Å². The summed E-state index contributed by atoms with van der Waals surface area (Å²) in [4.78, 5) is 9.86. The molecule has 0 aliphatic heterocycles. The van der Waals surface area contributed by atoms with Gasteiger partial charge in [-0.1, -0.05) is 0 Å². The second kappa shape index (κ2) is 5.00. The summed E-state index contributed by atoms with van der Waals surface area (Å²) in [6.45, 7) is -0.388. The van der Waals surface area contributed by atoms with Gasteiger partial charge in [0.05, 0.1) is 13.2 Å². The predicted molar refractivity (Wildman–Crippen MR) is 37.3 cm³/mol. The zero-order valence-electron chi connectivity index (χ0n) is 6.64. The Morgan fingerprint density at radius 2 is 2.25 bits per heavy atom. The number of nitrogens with one attached hydrogen (secondary N) is 1. The summed E-state index contributed by atoms with van der Waals surface area (Å²) >= 11 is 0. The number of ether oxygens (including phenoxy) is 1. The van der Waals surface area contributed by atoms with Gasteiger partial charge in [-0.2, -0.15) is 8.78 Å². The van der Waals surface area contributed by atoms with Gasteiger partial charge in [0.15, 0.2) is 0 Å². The topological polar surface area (TPSA) is 58.6 Å². The molecule has 0 heterocycles. The Bertz CT molecular complexity index is 152. The van der Waals surface area contributed by atoms with Crippen molar-refractivity contribution in [2.45, 2.75) is 5.92 Å². The normalized spacial score (nSPS) is 11.6. The standard InChI is InChI=1S/C6H11F2NO3/c1-12-3-2-9-4-6(7,8)5(10)11/h9H,2-4H2,1H3,(H,10,11). The fourth-order valence-corrected chi connectivity index (χ4v) is 0.495. The molecule has 0 aliphatic carbocycles. The third-order valence-electron chi connectivity index (χ3n) is 1.14. The van der Waals surface area contributed by atoms with E-state index in [2.05, 4.69) is 10.1 Å². The first-order valence-electron chi connectivity index (χ1n) is 3.31. The van der Waals surface area contributed by atoms with E-state index in [-0.39, 0.29) is 13.2 Å². The Morgan fingerprint density at radius 3 is 2.67 bits per heavy atom.